The number of thioether (sulfide) groups is 1. The summed E-state index contributed by atoms with van der Waals surface area (Å²) in [6.45, 7) is 6.23. The average molecular weight is 171 g/mol. The van der Waals surface area contributed by atoms with Gasteiger partial charge >= 0.3 is 0 Å². The second-order valence-electron chi connectivity index (χ2n) is 2.92. The van der Waals surface area contributed by atoms with E-state index in [9.17, 15) is 4.79 Å². The number of rotatable bonds is 3. The van der Waals surface area contributed by atoms with E-state index in [1.165, 1.54) is 5.75 Å². The summed E-state index contributed by atoms with van der Waals surface area (Å²) in [7, 11) is 1.83. The zero-order valence-electron chi connectivity index (χ0n) is 6.96. The van der Waals surface area contributed by atoms with Crippen molar-refractivity contribution in [1.29, 1.82) is 0 Å². The quantitative estimate of drug-likeness (QED) is 0.469. The first-order valence-electron chi connectivity index (χ1n) is 3.64. The Morgan fingerprint density at radius 1 is 1.82 bits per heavy atom. The van der Waals surface area contributed by atoms with Crippen LogP contribution in [-0.2, 0) is 4.79 Å². The zero-order valence-corrected chi connectivity index (χ0v) is 7.78. The van der Waals surface area contributed by atoms with Crippen LogP contribution in [0.1, 0.15) is 6.92 Å². The number of carbonyl (C=O) groups excluding carboxylic acids is 1. The van der Waals surface area contributed by atoms with Crippen LogP contribution in [0.25, 0.3) is 0 Å². The summed E-state index contributed by atoms with van der Waals surface area (Å²) >= 11 is 1.90. The van der Waals surface area contributed by atoms with Crippen LogP contribution in [0.3, 0.4) is 0 Å². The number of carbonyl (C=O) groups is 1. The summed E-state index contributed by atoms with van der Waals surface area (Å²) < 4.78 is 0. The van der Waals surface area contributed by atoms with E-state index in [1.54, 1.807) is 11.8 Å². The Bertz CT molecular complexity index is 187. The van der Waals surface area contributed by atoms with Crippen LogP contribution in [0.4, 0.5) is 0 Å². The van der Waals surface area contributed by atoms with Crippen molar-refractivity contribution in [3.63, 3.8) is 0 Å². The van der Waals surface area contributed by atoms with E-state index in [1.807, 2.05) is 18.8 Å². The molecule has 1 atom stereocenters. The van der Waals surface area contributed by atoms with Crippen LogP contribution in [-0.4, -0.2) is 35.4 Å². The molecule has 0 saturated carbocycles. The molecule has 1 rings (SSSR count). The minimum absolute atomic E-state index is 0.0671. The predicted octanol–water partition coefficient (Wildman–Crippen LogP) is 1.14. The van der Waals surface area contributed by atoms with Crippen LogP contribution in [0, 0.1) is 0 Å². The highest BCUT2D eigenvalue weighted by atomic mass is 32.2. The highest BCUT2D eigenvalue weighted by Crippen LogP contribution is 2.30. The normalized spacial score (nSPS) is 21.1. The Hall–Kier alpha value is -0.440. The van der Waals surface area contributed by atoms with Gasteiger partial charge in [0.05, 0.1) is 0 Å². The van der Waals surface area contributed by atoms with Gasteiger partial charge in [-0.05, 0) is 6.92 Å². The first-order chi connectivity index (χ1) is 5.11. The Morgan fingerprint density at radius 2 is 2.36 bits per heavy atom. The molecule has 1 amide bonds. The molecule has 62 valence electrons. The Balaban J connectivity index is 2.32. The SMILES string of the molecule is C=C(C)C(=O)N(C)CC1CS1. The molecule has 0 aliphatic carbocycles. The van der Waals surface area contributed by atoms with Crippen molar-refractivity contribution in [3.05, 3.63) is 12.2 Å². The van der Waals surface area contributed by atoms with Crippen LogP contribution < -0.4 is 0 Å². The third-order valence-electron chi connectivity index (χ3n) is 1.59. The lowest BCUT2D eigenvalue weighted by molar-refractivity contribution is -0.125. The van der Waals surface area contributed by atoms with E-state index in [0.29, 0.717) is 10.8 Å². The second-order valence-corrected chi connectivity index (χ2v) is 4.25. The van der Waals surface area contributed by atoms with Crippen molar-refractivity contribution in [2.45, 2.75) is 12.2 Å². The third-order valence-corrected chi connectivity index (χ3v) is 2.55. The number of amides is 1. The van der Waals surface area contributed by atoms with Gasteiger partial charge in [-0.2, -0.15) is 11.8 Å². The topological polar surface area (TPSA) is 20.3 Å². The highest BCUT2D eigenvalue weighted by molar-refractivity contribution is 8.06. The summed E-state index contributed by atoms with van der Waals surface area (Å²) in [5.41, 5.74) is 0.623. The van der Waals surface area contributed by atoms with Gasteiger partial charge in [0, 0.05) is 30.2 Å². The lowest BCUT2D eigenvalue weighted by Crippen LogP contribution is -2.30. The molecule has 1 aliphatic heterocycles. The van der Waals surface area contributed by atoms with E-state index in [4.69, 9.17) is 0 Å². The van der Waals surface area contributed by atoms with Crippen molar-refractivity contribution in [2.75, 3.05) is 19.3 Å². The third kappa shape index (κ3) is 2.58. The van der Waals surface area contributed by atoms with Crippen LogP contribution in [0.2, 0.25) is 0 Å². The maximum absolute atomic E-state index is 11.2. The van der Waals surface area contributed by atoms with E-state index >= 15 is 0 Å². The van der Waals surface area contributed by atoms with Gasteiger partial charge in [0.25, 0.3) is 0 Å². The van der Waals surface area contributed by atoms with E-state index in [2.05, 4.69) is 6.58 Å². The minimum Gasteiger partial charge on any atom is -0.341 e. The maximum atomic E-state index is 11.2. The monoisotopic (exact) mass is 171 g/mol. The molecular formula is C8H13NOS. The van der Waals surface area contributed by atoms with Gasteiger partial charge in [0.15, 0.2) is 0 Å². The number of likely N-dealkylation sites (N-methyl/N-ethyl adjacent to an activating group) is 1. The lowest BCUT2D eigenvalue weighted by atomic mass is 10.3. The molecule has 11 heavy (non-hydrogen) atoms. The molecule has 0 radical (unpaired) electrons. The molecule has 0 bridgehead atoms. The van der Waals surface area contributed by atoms with Gasteiger partial charge in [0.2, 0.25) is 5.91 Å². The predicted molar refractivity (Wildman–Crippen MR) is 48.7 cm³/mol. The van der Waals surface area contributed by atoms with Gasteiger partial charge in [-0.25, -0.2) is 0 Å². The summed E-state index contributed by atoms with van der Waals surface area (Å²) in [5.74, 6) is 1.27. The molecule has 0 aromatic carbocycles. The van der Waals surface area contributed by atoms with Gasteiger partial charge in [-0.15, -0.1) is 0 Å². The molecule has 0 aromatic rings. The molecule has 1 saturated heterocycles. The maximum Gasteiger partial charge on any atom is 0.248 e. The van der Waals surface area contributed by atoms with Gasteiger partial charge in [-0.1, -0.05) is 6.58 Å². The first kappa shape index (κ1) is 8.65. The molecule has 2 nitrogen and oxygen atoms in total. The van der Waals surface area contributed by atoms with Crippen LogP contribution >= 0.6 is 11.8 Å². The van der Waals surface area contributed by atoms with E-state index in [0.717, 1.165) is 6.54 Å². The van der Waals surface area contributed by atoms with Crippen LogP contribution in [0.15, 0.2) is 12.2 Å². The standard InChI is InChI=1S/C8H13NOS/c1-6(2)8(10)9(3)4-7-5-11-7/h7H,1,4-5H2,2-3H3. The molecular weight excluding hydrogens is 158 g/mol. The fourth-order valence-corrected chi connectivity index (χ4v) is 1.46. The summed E-state index contributed by atoms with van der Waals surface area (Å²) in [4.78, 5) is 13.0. The fraction of sp³-hybridized carbons (Fsp3) is 0.625. The number of hydrogen-bond acceptors (Lipinski definition) is 2. The fourth-order valence-electron chi connectivity index (χ4n) is 0.888. The molecule has 1 fully saturated rings. The van der Waals surface area contributed by atoms with Crippen molar-refractivity contribution in [3.8, 4) is 0 Å². The molecule has 3 heteroatoms. The average Bonchev–Trinajstić information content (AvgIpc) is 2.69. The molecule has 0 aromatic heterocycles. The lowest BCUT2D eigenvalue weighted by Gasteiger charge is -2.15. The molecule has 1 heterocycles. The minimum atomic E-state index is 0.0671. The van der Waals surface area contributed by atoms with Gasteiger partial charge in [-0.3, -0.25) is 4.79 Å². The van der Waals surface area contributed by atoms with E-state index in [-0.39, 0.29) is 5.91 Å². The Morgan fingerprint density at radius 3 is 2.73 bits per heavy atom. The molecule has 1 unspecified atom stereocenters. The van der Waals surface area contributed by atoms with Crippen molar-refractivity contribution in [2.24, 2.45) is 0 Å². The Kier molecular flexibility index (Phi) is 2.60. The molecule has 1 aliphatic rings. The second kappa shape index (κ2) is 3.30. The van der Waals surface area contributed by atoms with Crippen LogP contribution in [0.5, 0.6) is 0 Å². The highest BCUT2D eigenvalue weighted by Gasteiger charge is 2.25. The smallest absolute Gasteiger partial charge is 0.248 e. The van der Waals surface area contributed by atoms with Crippen molar-refractivity contribution >= 4 is 17.7 Å². The summed E-state index contributed by atoms with van der Waals surface area (Å²) in [5, 5.41) is 0.684. The molecule has 0 spiro atoms. The largest absolute Gasteiger partial charge is 0.341 e. The van der Waals surface area contributed by atoms with Crippen molar-refractivity contribution in [1.82, 2.24) is 4.90 Å². The van der Waals surface area contributed by atoms with Gasteiger partial charge < -0.3 is 4.90 Å². The summed E-state index contributed by atoms with van der Waals surface area (Å²) in [6.07, 6.45) is 0. The number of nitrogens with zero attached hydrogens (tertiary/aromatic N) is 1. The van der Waals surface area contributed by atoms with Gasteiger partial charge in [0.1, 0.15) is 0 Å². The zero-order chi connectivity index (χ0) is 8.43. The molecule has 0 N–H and O–H groups in total. The Labute approximate surface area is 71.6 Å². The van der Waals surface area contributed by atoms with E-state index < -0.39 is 0 Å². The summed E-state index contributed by atoms with van der Waals surface area (Å²) in [6, 6.07) is 0. The van der Waals surface area contributed by atoms with Crippen molar-refractivity contribution < 1.29 is 4.79 Å². The number of hydrogen-bond donors (Lipinski definition) is 0. The first-order valence-corrected chi connectivity index (χ1v) is 4.68.